The summed E-state index contributed by atoms with van der Waals surface area (Å²) in [7, 11) is 0. The fourth-order valence-corrected chi connectivity index (χ4v) is 4.06. The smallest absolute Gasteiger partial charge is 0.142 e. The molecule has 0 amide bonds. The number of pyridine rings is 1. The van der Waals surface area contributed by atoms with E-state index in [9.17, 15) is 5.26 Å². The Bertz CT molecular complexity index is 814. The lowest BCUT2D eigenvalue weighted by Gasteiger charge is -2.27. The molecule has 0 radical (unpaired) electrons. The molecule has 26 heavy (non-hydrogen) atoms. The van der Waals surface area contributed by atoms with Crippen LogP contribution in [0.15, 0.2) is 24.3 Å². The summed E-state index contributed by atoms with van der Waals surface area (Å²) in [5, 5.41) is 9.73. The lowest BCUT2D eigenvalue weighted by molar-refractivity contribution is 0.441. The van der Waals surface area contributed by atoms with Crippen LogP contribution < -0.4 is 10.6 Å². The van der Waals surface area contributed by atoms with E-state index in [2.05, 4.69) is 61.0 Å². The van der Waals surface area contributed by atoms with Gasteiger partial charge in [-0.05, 0) is 62.3 Å². The molecule has 1 aliphatic rings. The Morgan fingerprint density at radius 3 is 2.46 bits per heavy atom. The summed E-state index contributed by atoms with van der Waals surface area (Å²) >= 11 is 0. The fourth-order valence-electron chi connectivity index (χ4n) is 4.06. The summed E-state index contributed by atoms with van der Waals surface area (Å²) in [6.07, 6.45) is 4.25. The van der Waals surface area contributed by atoms with Gasteiger partial charge in [0.25, 0.3) is 0 Å². The van der Waals surface area contributed by atoms with Crippen molar-refractivity contribution in [2.24, 2.45) is 5.92 Å². The highest BCUT2D eigenvalue weighted by molar-refractivity contribution is 5.80. The molecule has 1 aromatic heterocycles. The first kappa shape index (κ1) is 18.3. The largest absolute Gasteiger partial charge is 0.383 e. The van der Waals surface area contributed by atoms with E-state index in [0.29, 0.717) is 17.3 Å². The molecule has 1 heterocycles. The highest BCUT2D eigenvalue weighted by Gasteiger charge is 2.25. The maximum atomic E-state index is 9.73. The van der Waals surface area contributed by atoms with Gasteiger partial charge in [0.05, 0.1) is 0 Å². The van der Waals surface area contributed by atoms with Crippen LogP contribution in [0, 0.1) is 17.2 Å². The first-order valence-corrected chi connectivity index (χ1v) is 9.69. The van der Waals surface area contributed by atoms with Gasteiger partial charge in [-0.15, -0.1) is 0 Å². The van der Waals surface area contributed by atoms with Crippen LogP contribution in [0.25, 0.3) is 11.1 Å². The van der Waals surface area contributed by atoms with Gasteiger partial charge in [-0.2, -0.15) is 5.26 Å². The number of fused-ring (bicyclic) bond motifs is 1. The highest BCUT2D eigenvalue weighted by atomic mass is 15.1. The van der Waals surface area contributed by atoms with Crippen molar-refractivity contribution in [2.45, 2.75) is 46.5 Å². The Hall–Kier alpha value is -2.54. The second-order valence-corrected chi connectivity index (χ2v) is 7.02. The fraction of sp³-hybridized carbons (Fsp3) is 0.455. The monoisotopic (exact) mass is 348 g/mol. The number of nitrogens with two attached hydrogens (primary N) is 1. The van der Waals surface area contributed by atoms with Gasteiger partial charge >= 0.3 is 0 Å². The number of aryl methyl sites for hydroxylation is 1. The second kappa shape index (κ2) is 7.78. The second-order valence-electron chi connectivity index (χ2n) is 7.02. The van der Waals surface area contributed by atoms with Crippen LogP contribution in [-0.2, 0) is 12.8 Å². The zero-order valence-corrected chi connectivity index (χ0v) is 16.0. The van der Waals surface area contributed by atoms with Crippen LogP contribution in [0.5, 0.6) is 0 Å². The average Bonchev–Trinajstić information content (AvgIpc) is 2.68. The Balaban J connectivity index is 2.12. The van der Waals surface area contributed by atoms with E-state index in [0.717, 1.165) is 55.6 Å². The summed E-state index contributed by atoms with van der Waals surface area (Å²) < 4.78 is 0. The van der Waals surface area contributed by atoms with Crippen molar-refractivity contribution in [1.29, 1.82) is 5.26 Å². The molecule has 2 aromatic rings. The van der Waals surface area contributed by atoms with Crippen LogP contribution in [0.4, 0.5) is 11.5 Å². The molecule has 0 saturated carbocycles. The molecule has 0 spiro atoms. The molecule has 3 rings (SSSR count). The highest BCUT2D eigenvalue weighted by Crippen LogP contribution is 2.38. The quantitative estimate of drug-likeness (QED) is 0.860. The van der Waals surface area contributed by atoms with Crippen molar-refractivity contribution in [1.82, 2.24) is 4.98 Å². The number of rotatable bonds is 5. The first-order chi connectivity index (χ1) is 12.6. The zero-order chi connectivity index (χ0) is 18.7. The molecule has 0 aliphatic heterocycles. The van der Waals surface area contributed by atoms with Crippen molar-refractivity contribution in [3.63, 3.8) is 0 Å². The zero-order valence-electron chi connectivity index (χ0n) is 16.0. The van der Waals surface area contributed by atoms with Gasteiger partial charge < -0.3 is 10.6 Å². The third kappa shape index (κ3) is 3.26. The third-order valence-corrected chi connectivity index (χ3v) is 5.67. The molecule has 0 fully saturated rings. The molecular formula is C22H28N4. The predicted molar refractivity (Wildman–Crippen MR) is 108 cm³/mol. The van der Waals surface area contributed by atoms with Gasteiger partial charge in [-0.25, -0.2) is 4.98 Å². The lowest BCUT2D eigenvalue weighted by Crippen LogP contribution is -2.21. The number of benzene rings is 1. The SMILES string of the molecule is CCC1CCc2nc(N)c(C#N)c(-c3ccc(N(CC)CC)cc3)c2C1. The Kier molecular flexibility index (Phi) is 5.46. The number of nitrogen functional groups attached to an aromatic ring is 1. The number of nitrogens with zero attached hydrogens (tertiary/aromatic N) is 3. The maximum Gasteiger partial charge on any atom is 0.142 e. The maximum absolute atomic E-state index is 9.73. The molecule has 1 aromatic carbocycles. The minimum absolute atomic E-state index is 0.365. The van der Waals surface area contributed by atoms with Gasteiger partial charge in [-0.3, -0.25) is 0 Å². The van der Waals surface area contributed by atoms with Crippen LogP contribution >= 0.6 is 0 Å². The van der Waals surface area contributed by atoms with E-state index in [1.54, 1.807) is 0 Å². The average molecular weight is 348 g/mol. The Labute approximate surface area is 156 Å². The topological polar surface area (TPSA) is 65.9 Å². The number of nitriles is 1. The molecule has 1 atom stereocenters. The molecule has 4 heteroatoms. The van der Waals surface area contributed by atoms with Crippen molar-refractivity contribution in [3.8, 4) is 17.2 Å². The van der Waals surface area contributed by atoms with Gasteiger partial charge in [0, 0.05) is 30.0 Å². The summed E-state index contributed by atoms with van der Waals surface area (Å²) in [6.45, 7) is 8.53. The lowest BCUT2D eigenvalue weighted by atomic mass is 9.80. The predicted octanol–water partition coefficient (Wildman–Crippen LogP) is 4.56. The summed E-state index contributed by atoms with van der Waals surface area (Å²) in [5.74, 6) is 1.03. The molecular weight excluding hydrogens is 320 g/mol. The third-order valence-electron chi connectivity index (χ3n) is 5.67. The van der Waals surface area contributed by atoms with Gasteiger partial charge in [0.15, 0.2) is 0 Å². The van der Waals surface area contributed by atoms with Crippen LogP contribution in [-0.4, -0.2) is 18.1 Å². The van der Waals surface area contributed by atoms with Gasteiger partial charge in [0.2, 0.25) is 0 Å². The van der Waals surface area contributed by atoms with E-state index < -0.39 is 0 Å². The molecule has 0 saturated heterocycles. The number of hydrogen-bond acceptors (Lipinski definition) is 4. The summed E-state index contributed by atoms with van der Waals surface area (Å²) in [4.78, 5) is 6.88. The van der Waals surface area contributed by atoms with Gasteiger partial charge in [0.1, 0.15) is 17.5 Å². The number of aromatic nitrogens is 1. The van der Waals surface area contributed by atoms with Crippen molar-refractivity contribution < 1.29 is 0 Å². The van der Waals surface area contributed by atoms with E-state index in [-0.39, 0.29) is 0 Å². The van der Waals surface area contributed by atoms with Gasteiger partial charge in [-0.1, -0.05) is 25.5 Å². The van der Waals surface area contributed by atoms with Crippen molar-refractivity contribution in [3.05, 3.63) is 41.1 Å². The van der Waals surface area contributed by atoms with E-state index in [1.165, 1.54) is 11.3 Å². The van der Waals surface area contributed by atoms with Crippen LogP contribution in [0.1, 0.15) is 50.4 Å². The molecule has 136 valence electrons. The normalized spacial score (nSPS) is 16.0. The van der Waals surface area contributed by atoms with E-state index in [1.807, 2.05) is 0 Å². The van der Waals surface area contributed by atoms with E-state index in [4.69, 9.17) is 5.73 Å². The molecule has 2 N–H and O–H groups in total. The first-order valence-electron chi connectivity index (χ1n) is 9.69. The Morgan fingerprint density at radius 1 is 1.19 bits per heavy atom. The molecule has 0 bridgehead atoms. The minimum atomic E-state index is 0.365. The van der Waals surface area contributed by atoms with Crippen molar-refractivity contribution in [2.75, 3.05) is 23.7 Å². The minimum Gasteiger partial charge on any atom is -0.383 e. The Morgan fingerprint density at radius 2 is 1.88 bits per heavy atom. The standard InChI is InChI=1S/C22H28N4/c1-4-15-7-12-20-18(13-15)21(19(14-23)22(24)25-20)16-8-10-17(11-9-16)26(5-2)6-3/h8-11,15H,4-7,12-13H2,1-3H3,(H2,24,25). The summed E-state index contributed by atoms with van der Waals surface area (Å²) in [6, 6.07) is 10.8. The molecule has 1 unspecified atom stereocenters. The van der Waals surface area contributed by atoms with Crippen LogP contribution in [0.3, 0.4) is 0 Å². The van der Waals surface area contributed by atoms with E-state index >= 15 is 0 Å². The molecule has 4 nitrogen and oxygen atoms in total. The van der Waals surface area contributed by atoms with Crippen LogP contribution in [0.2, 0.25) is 0 Å². The van der Waals surface area contributed by atoms with Crippen molar-refractivity contribution >= 4 is 11.5 Å². The number of hydrogen-bond donors (Lipinski definition) is 1. The molecule has 1 aliphatic carbocycles. The number of anilines is 2. The summed E-state index contributed by atoms with van der Waals surface area (Å²) in [5.41, 5.74) is 12.2.